The summed E-state index contributed by atoms with van der Waals surface area (Å²) in [5.74, 6) is 1.96. The Labute approximate surface area is 137 Å². The average Bonchev–Trinajstić information content (AvgIpc) is 3.05. The zero-order valence-corrected chi connectivity index (χ0v) is 13.9. The van der Waals surface area contributed by atoms with Crippen molar-refractivity contribution >= 4 is 34.1 Å². The van der Waals surface area contributed by atoms with Crippen LogP contribution in [0.5, 0.6) is 0 Å². The lowest BCUT2D eigenvalue weighted by Crippen LogP contribution is -2.35. The third kappa shape index (κ3) is 4.48. The number of hydrogen-bond acceptors (Lipinski definition) is 7. The van der Waals surface area contributed by atoms with Crippen molar-refractivity contribution in [1.82, 2.24) is 15.5 Å². The van der Waals surface area contributed by atoms with E-state index < -0.39 is 0 Å². The van der Waals surface area contributed by atoms with E-state index >= 15 is 0 Å². The van der Waals surface area contributed by atoms with Crippen LogP contribution in [0.2, 0.25) is 0 Å². The zero-order valence-electron chi connectivity index (χ0n) is 12.2. The van der Waals surface area contributed by atoms with Crippen LogP contribution in [-0.2, 0) is 11.3 Å². The number of carbonyl (C=O) groups is 1. The molecular weight excluding hydrogens is 320 g/mol. The summed E-state index contributed by atoms with van der Waals surface area (Å²) in [6, 6.07) is 4.03. The molecule has 1 fully saturated rings. The quantitative estimate of drug-likeness (QED) is 0.721. The minimum atomic E-state index is 0.0599. The third-order valence-corrected chi connectivity index (χ3v) is 5.46. The summed E-state index contributed by atoms with van der Waals surface area (Å²) in [5, 5.41) is 15.0. The fourth-order valence-corrected chi connectivity index (χ4v) is 3.61. The van der Waals surface area contributed by atoms with E-state index in [1.807, 2.05) is 12.1 Å². The predicted octanol–water partition coefficient (Wildman–Crippen LogP) is 2.75. The van der Waals surface area contributed by atoms with Gasteiger partial charge in [0.1, 0.15) is 5.76 Å². The zero-order chi connectivity index (χ0) is 15.4. The van der Waals surface area contributed by atoms with Crippen LogP contribution in [0.25, 0.3) is 0 Å². The van der Waals surface area contributed by atoms with Gasteiger partial charge in [-0.1, -0.05) is 23.1 Å². The maximum Gasteiger partial charge on any atom is 0.230 e. The number of carbonyl (C=O) groups excluding carboxylic acids is 1. The van der Waals surface area contributed by atoms with Gasteiger partial charge in [-0.25, -0.2) is 0 Å². The van der Waals surface area contributed by atoms with Crippen LogP contribution in [0.1, 0.15) is 25.5 Å². The van der Waals surface area contributed by atoms with Crippen LogP contribution in [0.15, 0.2) is 27.2 Å². The lowest BCUT2D eigenvalue weighted by molar-refractivity contribution is -0.119. The molecule has 0 aromatic carbocycles. The van der Waals surface area contributed by atoms with Gasteiger partial charge >= 0.3 is 0 Å². The minimum Gasteiger partial charge on any atom is -0.467 e. The Morgan fingerprint density at radius 1 is 1.55 bits per heavy atom. The summed E-state index contributed by atoms with van der Waals surface area (Å²) in [6.45, 7) is 2.65. The highest BCUT2D eigenvalue weighted by atomic mass is 32.2. The summed E-state index contributed by atoms with van der Waals surface area (Å²) in [4.78, 5) is 11.8. The highest BCUT2D eigenvalue weighted by Gasteiger charge is 2.28. The molecule has 1 atom stereocenters. The molecule has 0 bridgehead atoms. The molecule has 0 aliphatic heterocycles. The van der Waals surface area contributed by atoms with E-state index in [0.29, 0.717) is 18.2 Å². The molecular formula is C14H18N4O2S2. The van der Waals surface area contributed by atoms with E-state index in [0.717, 1.165) is 15.2 Å². The molecule has 1 aliphatic rings. The van der Waals surface area contributed by atoms with Gasteiger partial charge in [0.15, 0.2) is 4.34 Å². The van der Waals surface area contributed by atoms with E-state index in [2.05, 4.69) is 27.8 Å². The van der Waals surface area contributed by atoms with Gasteiger partial charge in [-0.15, -0.1) is 10.2 Å². The molecule has 2 aromatic rings. The molecule has 0 spiro atoms. The highest BCUT2D eigenvalue weighted by Crippen LogP contribution is 2.32. The van der Waals surface area contributed by atoms with Crippen molar-refractivity contribution in [2.24, 2.45) is 5.92 Å². The van der Waals surface area contributed by atoms with Crippen molar-refractivity contribution in [3.8, 4) is 0 Å². The topological polar surface area (TPSA) is 80.0 Å². The number of amides is 1. The van der Waals surface area contributed by atoms with Crippen molar-refractivity contribution in [3.63, 3.8) is 0 Å². The van der Waals surface area contributed by atoms with Crippen LogP contribution in [-0.4, -0.2) is 27.9 Å². The lowest BCUT2D eigenvalue weighted by Gasteiger charge is -2.11. The largest absolute Gasteiger partial charge is 0.467 e. The first kappa shape index (κ1) is 15.4. The molecule has 0 unspecified atom stereocenters. The molecule has 2 N–H and O–H groups in total. The van der Waals surface area contributed by atoms with Crippen LogP contribution in [0.3, 0.4) is 0 Å². The normalized spacial score (nSPS) is 15.5. The number of hydrogen-bond donors (Lipinski definition) is 2. The Balaban J connectivity index is 1.40. The molecule has 0 radical (unpaired) electrons. The summed E-state index contributed by atoms with van der Waals surface area (Å²) in [5.41, 5.74) is 0. The van der Waals surface area contributed by atoms with E-state index in [9.17, 15) is 4.79 Å². The number of furan rings is 1. The summed E-state index contributed by atoms with van der Waals surface area (Å²) >= 11 is 2.86. The molecule has 2 heterocycles. The second-order valence-corrected chi connectivity index (χ2v) is 7.49. The second kappa shape index (κ2) is 7.15. The molecule has 118 valence electrons. The molecule has 1 amide bonds. The predicted molar refractivity (Wildman–Crippen MR) is 87.0 cm³/mol. The van der Waals surface area contributed by atoms with E-state index in [4.69, 9.17) is 4.42 Å². The van der Waals surface area contributed by atoms with Crippen molar-refractivity contribution in [2.75, 3.05) is 11.1 Å². The monoisotopic (exact) mass is 338 g/mol. The van der Waals surface area contributed by atoms with Gasteiger partial charge in [-0.3, -0.25) is 4.79 Å². The van der Waals surface area contributed by atoms with Gasteiger partial charge in [0.25, 0.3) is 0 Å². The third-order valence-electron chi connectivity index (χ3n) is 3.44. The maximum absolute atomic E-state index is 11.8. The van der Waals surface area contributed by atoms with Crippen LogP contribution in [0.4, 0.5) is 5.13 Å². The molecule has 22 heavy (non-hydrogen) atoms. The molecule has 0 saturated heterocycles. The first-order chi connectivity index (χ1) is 10.7. The van der Waals surface area contributed by atoms with Gasteiger partial charge in [0.2, 0.25) is 11.0 Å². The van der Waals surface area contributed by atoms with Crippen molar-refractivity contribution in [2.45, 2.75) is 36.7 Å². The number of thioether (sulfide) groups is 1. The lowest BCUT2D eigenvalue weighted by atomic mass is 10.2. The minimum absolute atomic E-state index is 0.0599. The summed E-state index contributed by atoms with van der Waals surface area (Å²) in [7, 11) is 0. The second-order valence-electron chi connectivity index (χ2n) is 5.29. The Hall–Kier alpha value is -1.54. The first-order valence-corrected chi connectivity index (χ1v) is 9.03. The van der Waals surface area contributed by atoms with Crippen molar-refractivity contribution in [1.29, 1.82) is 0 Å². The maximum atomic E-state index is 11.8. The number of anilines is 1. The van der Waals surface area contributed by atoms with Crippen LogP contribution in [0, 0.1) is 5.92 Å². The summed E-state index contributed by atoms with van der Waals surface area (Å²) in [6.07, 6.45) is 4.10. The number of nitrogens with zero attached hydrogens (tertiary/aromatic N) is 2. The van der Waals surface area contributed by atoms with E-state index in [1.165, 1.54) is 35.9 Å². The van der Waals surface area contributed by atoms with Crippen molar-refractivity contribution < 1.29 is 9.21 Å². The van der Waals surface area contributed by atoms with Gasteiger partial charge in [0.05, 0.1) is 18.6 Å². The summed E-state index contributed by atoms with van der Waals surface area (Å²) < 4.78 is 6.03. The molecule has 2 aromatic heterocycles. The standard InChI is InChI=1S/C14H18N4O2S2/c1-9(10-4-5-10)16-12(19)8-21-14-18-17-13(22-14)15-7-11-3-2-6-20-11/h2-3,6,9-10H,4-5,7-8H2,1H3,(H,15,17)(H,16,19)/t9-/m0/s1. The Bertz CT molecular complexity index is 610. The Morgan fingerprint density at radius 2 is 2.41 bits per heavy atom. The molecule has 1 aliphatic carbocycles. The number of aromatic nitrogens is 2. The molecule has 6 nitrogen and oxygen atoms in total. The molecule has 1 saturated carbocycles. The number of nitrogens with one attached hydrogen (secondary N) is 2. The van der Waals surface area contributed by atoms with E-state index in [1.54, 1.807) is 6.26 Å². The smallest absolute Gasteiger partial charge is 0.230 e. The Kier molecular flexibility index (Phi) is 4.99. The van der Waals surface area contributed by atoms with Crippen molar-refractivity contribution in [3.05, 3.63) is 24.2 Å². The fourth-order valence-electron chi connectivity index (χ4n) is 2.05. The van der Waals surface area contributed by atoms with Gasteiger partial charge in [-0.05, 0) is 37.8 Å². The molecule has 3 rings (SSSR count). The first-order valence-electron chi connectivity index (χ1n) is 7.22. The number of rotatable bonds is 8. The SMILES string of the molecule is C[C@H](NC(=O)CSc1nnc(NCc2ccco2)s1)C1CC1. The van der Waals surface area contributed by atoms with Gasteiger partial charge in [0, 0.05) is 6.04 Å². The van der Waals surface area contributed by atoms with Gasteiger partial charge in [-0.2, -0.15) is 0 Å². The van der Waals surface area contributed by atoms with Gasteiger partial charge < -0.3 is 15.1 Å². The average molecular weight is 338 g/mol. The van der Waals surface area contributed by atoms with Crippen LogP contribution < -0.4 is 10.6 Å². The fraction of sp³-hybridized carbons (Fsp3) is 0.500. The molecule has 8 heteroatoms. The Morgan fingerprint density at radius 3 is 3.14 bits per heavy atom. The highest BCUT2D eigenvalue weighted by molar-refractivity contribution is 8.01. The van der Waals surface area contributed by atoms with E-state index in [-0.39, 0.29) is 11.9 Å². The van der Waals surface area contributed by atoms with Crippen LogP contribution >= 0.6 is 23.1 Å².